The van der Waals surface area contributed by atoms with E-state index < -0.39 is 0 Å². The van der Waals surface area contributed by atoms with Gasteiger partial charge in [0.15, 0.2) is 11.7 Å². The maximum Gasteiger partial charge on any atom is 0.160 e. The third-order valence-electron chi connectivity index (χ3n) is 9.15. The number of benzene rings is 6. The van der Waals surface area contributed by atoms with Gasteiger partial charge in [0.1, 0.15) is 0 Å². The molecule has 1 heterocycles. The Kier molecular flexibility index (Phi) is 9.66. The Balaban J connectivity index is 1.13. The van der Waals surface area contributed by atoms with E-state index in [0.29, 0.717) is 5.82 Å². The number of hydrogen-bond acceptors (Lipinski definition) is 3. The van der Waals surface area contributed by atoms with Crippen LogP contribution in [-0.2, 0) is 5.41 Å². The summed E-state index contributed by atoms with van der Waals surface area (Å²) in [7, 11) is 0. The molecule has 0 unspecified atom stereocenters. The Bertz CT molecular complexity index is 2230. The molecular formula is C47H38N4. The van der Waals surface area contributed by atoms with Gasteiger partial charge in [-0.2, -0.15) is 0 Å². The van der Waals surface area contributed by atoms with Crippen LogP contribution in [0.5, 0.6) is 0 Å². The first-order valence-electron chi connectivity index (χ1n) is 17.1. The highest BCUT2D eigenvalue weighted by Gasteiger charge is 2.23. The summed E-state index contributed by atoms with van der Waals surface area (Å²) in [4.78, 5) is 14.6. The topological polar surface area (TPSA) is 62.0 Å². The molecular weight excluding hydrogens is 621 g/mol. The minimum atomic E-state index is -0.224. The van der Waals surface area contributed by atoms with Gasteiger partial charge in [0.2, 0.25) is 0 Å². The van der Waals surface area contributed by atoms with Crippen LogP contribution in [0.4, 0.5) is 0 Å². The Labute approximate surface area is 300 Å². The Morgan fingerprint density at radius 1 is 0.529 bits per heavy atom. The molecule has 0 spiro atoms. The van der Waals surface area contributed by atoms with Gasteiger partial charge in [-0.25, -0.2) is 15.0 Å². The molecule has 246 valence electrons. The number of hydrogen-bond donors (Lipinski definition) is 1. The van der Waals surface area contributed by atoms with Gasteiger partial charge in [-0.3, -0.25) is 5.41 Å². The molecule has 0 amide bonds. The van der Waals surface area contributed by atoms with Crippen LogP contribution in [0.25, 0.3) is 40.0 Å². The monoisotopic (exact) mass is 658 g/mol. The Hall–Kier alpha value is -6.52. The summed E-state index contributed by atoms with van der Waals surface area (Å²) in [6.07, 6.45) is 4.05. The summed E-state index contributed by atoms with van der Waals surface area (Å²) >= 11 is 0. The van der Waals surface area contributed by atoms with Crippen LogP contribution in [0.15, 0.2) is 187 Å². The fourth-order valence-electron chi connectivity index (χ4n) is 6.07. The largest absolute Gasteiger partial charge is 0.282 e. The van der Waals surface area contributed by atoms with E-state index in [2.05, 4.69) is 86.7 Å². The average molecular weight is 659 g/mol. The van der Waals surface area contributed by atoms with E-state index in [1.165, 1.54) is 11.1 Å². The van der Waals surface area contributed by atoms with Crippen molar-refractivity contribution in [3.63, 3.8) is 0 Å². The second kappa shape index (κ2) is 14.9. The van der Waals surface area contributed by atoms with E-state index in [0.717, 1.165) is 50.5 Å². The number of allylic oxidation sites excluding steroid dienone is 1. The first kappa shape index (κ1) is 33.0. The van der Waals surface area contributed by atoms with Crippen LogP contribution in [-0.4, -0.2) is 21.5 Å². The Morgan fingerprint density at radius 2 is 0.980 bits per heavy atom. The van der Waals surface area contributed by atoms with Gasteiger partial charge in [-0.15, -0.1) is 0 Å². The zero-order chi connectivity index (χ0) is 35.0. The van der Waals surface area contributed by atoms with Gasteiger partial charge in [-0.05, 0) is 28.8 Å². The number of aliphatic imine (C=N–C) groups is 1. The number of nitrogens with one attached hydrogen (secondary N) is 1. The van der Waals surface area contributed by atoms with Crippen LogP contribution in [0, 0.1) is 5.41 Å². The molecule has 0 saturated carbocycles. The standard InChI is InChI=1S/C47H38N4/c1-47(2,40-28-23-34(24-29-40)25-32-42(35-15-7-3-8-16-35)49-45(48)38-19-11-5-12-20-38)41-30-26-37(27-31-41)44-33-43(36-17-9-4-10-18-36)50-46(51-44)39-21-13-6-14-22-39/h3-33,48H,1-2H3/b32-25+,48-45?,49-42?. The third-order valence-corrected chi connectivity index (χ3v) is 9.15. The lowest BCUT2D eigenvalue weighted by atomic mass is 9.77. The van der Waals surface area contributed by atoms with Crippen molar-refractivity contribution in [1.82, 2.24) is 9.97 Å². The number of aromatic nitrogens is 2. The summed E-state index contributed by atoms with van der Waals surface area (Å²) < 4.78 is 0. The maximum absolute atomic E-state index is 8.60. The van der Waals surface area contributed by atoms with Crippen LogP contribution >= 0.6 is 0 Å². The molecule has 51 heavy (non-hydrogen) atoms. The Morgan fingerprint density at radius 3 is 1.53 bits per heavy atom. The molecule has 0 aliphatic heterocycles. The third kappa shape index (κ3) is 7.71. The second-order valence-corrected chi connectivity index (χ2v) is 12.9. The maximum atomic E-state index is 8.60. The van der Waals surface area contributed by atoms with Crippen LogP contribution in [0.3, 0.4) is 0 Å². The summed E-state index contributed by atoms with van der Waals surface area (Å²) in [5, 5.41) is 8.60. The number of nitrogens with zero attached hydrogens (tertiary/aromatic N) is 3. The molecule has 7 rings (SSSR count). The van der Waals surface area contributed by atoms with E-state index in [-0.39, 0.29) is 11.3 Å². The summed E-state index contributed by atoms with van der Waals surface area (Å²) in [5.74, 6) is 0.942. The van der Waals surface area contributed by atoms with Crippen molar-refractivity contribution in [2.75, 3.05) is 0 Å². The minimum Gasteiger partial charge on any atom is -0.282 e. The lowest BCUT2D eigenvalue weighted by molar-refractivity contribution is 0.641. The zero-order valence-electron chi connectivity index (χ0n) is 28.7. The molecule has 0 atom stereocenters. The smallest absolute Gasteiger partial charge is 0.160 e. The predicted molar refractivity (Wildman–Crippen MR) is 212 cm³/mol. The van der Waals surface area contributed by atoms with E-state index in [4.69, 9.17) is 20.4 Å². The molecule has 4 nitrogen and oxygen atoms in total. The highest BCUT2D eigenvalue weighted by Crippen LogP contribution is 2.34. The summed E-state index contributed by atoms with van der Waals surface area (Å²) in [6, 6.07) is 59.5. The first-order valence-corrected chi connectivity index (χ1v) is 17.1. The quantitative estimate of drug-likeness (QED) is 0.124. The lowest BCUT2D eigenvalue weighted by Crippen LogP contribution is -2.18. The van der Waals surface area contributed by atoms with E-state index in [1.807, 2.05) is 115 Å². The molecule has 1 N–H and O–H groups in total. The zero-order valence-corrected chi connectivity index (χ0v) is 28.7. The van der Waals surface area contributed by atoms with Gasteiger partial charge in [0.05, 0.1) is 17.1 Å². The summed E-state index contributed by atoms with van der Waals surface area (Å²) in [5.41, 5.74) is 10.6. The number of rotatable bonds is 9. The van der Waals surface area contributed by atoms with E-state index in [1.54, 1.807) is 0 Å². The molecule has 6 aromatic carbocycles. The molecule has 0 bridgehead atoms. The van der Waals surface area contributed by atoms with Crippen molar-refractivity contribution in [3.05, 3.63) is 210 Å². The molecule has 0 saturated heterocycles. The molecule has 0 fully saturated rings. The normalized spacial score (nSPS) is 11.8. The van der Waals surface area contributed by atoms with Gasteiger partial charge < -0.3 is 0 Å². The van der Waals surface area contributed by atoms with Gasteiger partial charge >= 0.3 is 0 Å². The average Bonchev–Trinajstić information content (AvgIpc) is 3.20. The molecule has 0 aliphatic carbocycles. The molecule has 4 heteroatoms. The van der Waals surface area contributed by atoms with Crippen LogP contribution < -0.4 is 0 Å². The van der Waals surface area contributed by atoms with Gasteiger partial charge in [0, 0.05) is 33.2 Å². The van der Waals surface area contributed by atoms with E-state index >= 15 is 0 Å². The van der Waals surface area contributed by atoms with Gasteiger partial charge in [-0.1, -0.05) is 190 Å². The van der Waals surface area contributed by atoms with Crippen molar-refractivity contribution in [3.8, 4) is 33.9 Å². The molecule has 7 aromatic rings. The van der Waals surface area contributed by atoms with Gasteiger partial charge in [0.25, 0.3) is 0 Å². The predicted octanol–water partition coefficient (Wildman–Crippen LogP) is 11.3. The SMILES string of the molecule is CC(C)(c1ccc(/C=C/C(=NC(=N)c2ccccc2)c2ccccc2)cc1)c1ccc(-c2cc(-c3ccccc3)nc(-c3ccccc3)n2)cc1. The minimum absolute atomic E-state index is 0.224. The molecule has 1 aromatic heterocycles. The fraction of sp³-hybridized carbons (Fsp3) is 0.0638. The van der Waals surface area contributed by atoms with Crippen molar-refractivity contribution in [2.45, 2.75) is 19.3 Å². The van der Waals surface area contributed by atoms with Crippen molar-refractivity contribution >= 4 is 17.6 Å². The molecule has 0 aliphatic rings. The van der Waals surface area contributed by atoms with Crippen molar-refractivity contribution in [2.24, 2.45) is 4.99 Å². The molecule has 0 radical (unpaired) electrons. The van der Waals surface area contributed by atoms with Crippen LogP contribution in [0.2, 0.25) is 0 Å². The van der Waals surface area contributed by atoms with Crippen molar-refractivity contribution in [1.29, 1.82) is 5.41 Å². The number of amidine groups is 1. The highest BCUT2D eigenvalue weighted by molar-refractivity contribution is 6.17. The van der Waals surface area contributed by atoms with Crippen molar-refractivity contribution < 1.29 is 0 Å². The second-order valence-electron chi connectivity index (χ2n) is 12.9. The van der Waals surface area contributed by atoms with E-state index in [9.17, 15) is 0 Å². The highest BCUT2D eigenvalue weighted by atomic mass is 14.9. The van der Waals surface area contributed by atoms with Crippen LogP contribution in [0.1, 0.15) is 41.7 Å². The summed E-state index contributed by atoms with van der Waals surface area (Å²) in [6.45, 7) is 4.52. The fourth-order valence-corrected chi connectivity index (χ4v) is 6.07. The first-order chi connectivity index (χ1) is 24.9. The lowest BCUT2D eigenvalue weighted by Gasteiger charge is -2.26.